The fourth-order valence-electron chi connectivity index (χ4n) is 3.08. The van der Waals surface area contributed by atoms with Crippen molar-refractivity contribution in [3.63, 3.8) is 0 Å². The van der Waals surface area contributed by atoms with Crippen molar-refractivity contribution in [1.82, 2.24) is 0 Å². The highest BCUT2D eigenvalue weighted by atomic mass is 16.7. The maximum Gasteiger partial charge on any atom is 0.303 e. The van der Waals surface area contributed by atoms with E-state index in [1.165, 1.54) is 19.2 Å². The van der Waals surface area contributed by atoms with E-state index < -0.39 is 54.5 Å². The first kappa shape index (κ1) is 24.8. The molecule has 1 N–H and O–H groups in total. The lowest BCUT2D eigenvalue weighted by Gasteiger charge is -2.43. The summed E-state index contributed by atoms with van der Waals surface area (Å²) >= 11 is 0. The third-order valence-electron chi connectivity index (χ3n) is 4.26. The summed E-state index contributed by atoms with van der Waals surface area (Å²) in [5, 5.41) is 9.96. The van der Waals surface area contributed by atoms with Gasteiger partial charge in [0, 0.05) is 39.5 Å². The van der Waals surface area contributed by atoms with Gasteiger partial charge in [-0.1, -0.05) is 12.1 Å². The Morgan fingerprint density at radius 2 is 1.47 bits per heavy atom. The van der Waals surface area contributed by atoms with Crippen molar-refractivity contribution in [2.45, 2.75) is 58.3 Å². The van der Waals surface area contributed by atoms with Gasteiger partial charge in [0.05, 0.1) is 0 Å². The second-order valence-corrected chi connectivity index (χ2v) is 6.93. The Bertz CT molecular complexity index is 883. The Morgan fingerprint density at radius 1 is 0.906 bits per heavy atom. The van der Waals surface area contributed by atoms with E-state index in [9.17, 15) is 24.3 Å². The van der Waals surface area contributed by atoms with Gasteiger partial charge in [-0.3, -0.25) is 24.2 Å². The highest BCUT2D eigenvalue weighted by Crippen LogP contribution is 2.30. The van der Waals surface area contributed by atoms with Crippen LogP contribution in [0.4, 0.5) is 0 Å². The Balaban J connectivity index is 2.47. The molecule has 0 spiro atoms. The average Bonchev–Trinajstić information content (AvgIpc) is 2.68. The molecule has 11 heteroatoms. The maximum absolute atomic E-state index is 11.8. The van der Waals surface area contributed by atoms with Crippen molar-refractivity contribution in [3.8, 4) is 5.75 Å². The lowest BCUT2D eigenvalue weighted by Crippen LogP contribution is -2.62. The second kappa shape index (κ2) is 11.2. The molecule has 32 heavy (non-hydrogen) atoms. The van der Waals surface area contributed by atoms with Crippen LogP contribution >= 0.6 is 0 Å². The standard InChI is InChI=1S/C21H25NO10/c1-11(23)28-10-17-18(29-12(2)24)19(30-13(3)25)20(31-14(4)26)21(32-17)22-9-15-7-5-6-8-16(15)27/h5-9,17-21,27H,10H2,1-4H3/b22-9+/t17-,18+,19+,20-,21-/m1/s1. The van der Waals surface area contributed by atoms with E-state index in [-0.39, 0.29) is 12.4 Å². The molecule has 174 valence electrons. The number of hydrogen-bond donors (Lipinski definition) is 1. The van der Waals surface area contributed by atoms with Crippen LogP contribution < -0.4 is 0 Å². The Kier molecular flexibility index (Phi) is 8.71. The SMILES string of the molecule is CC(=O)OC[C@H]1O[C@@H](/N=C/c2ccccc2O)[C@H](OC(C)=O)[C@@H](OC(C)=O)[C@H]1OC(C)=O. The number of phenols is 1. The van der Waals surface area contributed by atoms with Gasteiger partial charge in [-0.15, -0.1) is 0 Å². The third kappa shape index (κ3) is 7.05. The summed E-state index contributed by atoms with van der Waals surface area (Å²) in [6.07, 6.45) is -4.90. The molecule has 1 aromatic rings. The average molecular weight is 451 g/mol. The van der Waals surface area contributed by atoms with Gasteiger partial charge < -0.3 is 28.8 Å². The first-order valence-electron chi connectivity index (χ1n) is 9.70. The Labute approximate surface area is 184 Å². The number of aromatic hydroxyl groups is 1. The fourth-order valence-corrected chi connectivity index (χ4v) is 3.08. The van der Waals surface area contributed by atoms with E-state index in [2.05, 4.69) is 4.99 Å². The van der Waals surface area contributed by atoms with Crippen LogP contribution in [0.2, 0.25) is 0 Å². The molecule has 1 aromatic carbocycles. The molecule has 0 saturated carbocycles. The number of phenolic OH excluding ortho intramolecular Hbond substituents is 1. The van der Waals surface area contributed by atoms with Crippen LogP contribution in [0.15, 0.2) is 29.3 Å². The van der Waals surface area contributed by atoms with Gasteiger partial charge in [0.25, 0.3) is 0 Å². The number of hydrogen-bond acceptors (Lipinski definition) is 11. The molecule has 0 aliphatic carbocycles. The minimum Gasteiger partial charge on any atom is -0.507 e. The molecule has 5 atom stereocenters. The summed E-state index contributed by atoms with van der Waals surface area (Å²) in [6.45, 7) is 4.24. The summed E-state index contributed by atoms with van der Waals surface area (Å²) in [7, 11) is 0. The first-order valence-corrected chi connectivity index (χ1v) is 9.70. The number of aliphatic imine (C=N–C) groups is 1. The minimum absolute atomic E-state index is 0.0538. The number of ether oxygens (including phenoxy) is 5. The normalized spacial score (nSPS) is 25.1. The summed E-state index contributed by atoms with van der Waals surface area (Å²) in [4.78, 5) is 50.8. The van der Waals surface area contributed by atoms with E-state index in [0.717, 1.165) is 20.8 Å². The summed E-state index contributed by atoms with van der Waals surface area (Å²) < 4.78 is 26.7. The molecule has 0 aromatic heterocycles. The number of carbonyl (C=O) groups is 4. The summed E-state index contributed by atoms with van der Waals surface area (Å²) in [5.74, 6) is -2.85. The van der Waals surface area contributed by atoms with E-state index in [4.69, 9.17) is 23.7 Å². The third-order valence-corrected chi connectivity index (χ3v) is 4.26. The predicted octanol–water partition coefficient (Wildman–Crippen LogP) is 0.894. The highest BCUT2D eigenvalue weighted by Gasteiger charge is 2.52. The van der Waals surface area contributed by atoms with Crippen LogP contribution in [-0.4, -0.2) is 72.4 Å². The van der Waals surface area contributed by atoms with Gasteiger partial charge in [-0.2, -0.15) is 0 Å². The van der Waals surface area contributed by atoms with Crippen LogP contribution in [0.1, 0.15) is 33.3 Å². The van der Waals surface area contributed by atoms with E-state index in [0.29, 0.717) is 5.56 Å². The monoisotopic (exact) mass is 451 g/mol. The molecule has 0 amide bonds. The van der Waals surface area contributed by atoms with Crippen LogP contribution in [0.25, 0.3) is 0 Å². The Hall–Kier alpha value is -3.47. The molecule has 0 bridgehead atoms. The van der Waals surface area contributed by atoms with Gasteiger partial charge in [0.1, 0.15) is 18.5 Å². The number of benzene rings is 1. The first-order chi connectivity index (χ1) is 15.1. The summed E-state index contributed by atoms with van der Waals surface area (Å²) in [6, 6.07) is 6.34. The lowest BCUT2D eigenvalue weighted by atomic mass is 9.97. The fraction of sp³-hybridized carbons (Fsp3) is 0.476. The molecule has 1 saturated heterocycles. The zero-order chi connectivity index (χ0) is 23.8. The number of para-hydroxylation sites is 1. The minimum atomic E-state index is -1.30. The lowest BCUT2D eigenvalue weighted by molar-refractivity contribution is -0.250. The smallest absolute Gasteiger partial charge is 0.303 e. The van der Waals surface area contributed by atoms with Gasteiger partial charge in [0.15, 0.2) is 24.5 Å². The maximum atomic E-state index is 11.8. The highest BCUT2D eigenvalue weighted by molar-refractivity contribution is 5.83. The molecular formula is C21H25NO10. The molecule has 0 radical (unpaired) electrons. The van der Waals surface area contributed by atoms with Crippen molar-refractivity contribution >= 4 is 30.1 Å². The van der Waals surface area contributed by atoms with Crippen LogP contribution in [0, 0.1) is 0 Å². The topological polar surface area (TPSA) is 147 Å². The molecule has 1 aliphatic heterocycles. The van der Waals surface area contributed by atoms with Crippen molar-refractivity contribution in [2.75, 3.05) is 6.61 Å². The number of nitrogens with zero attached hydrogens (tertiary/aromatic N) is 1. The van der Waals surface area contributed by atoms with E-state index >= 15 is 0 Å². The van der Waals surface area contributed by atoms with E-state index in [1.54, 1.807) is 18.2 Å². The van der Waals surface area contributed by atoms with Crippen LogP contribution in [-0.2, 0) is 42.9 Å². The van der Waals surface area contributed by atoms with Gasteiger partial charge in [-0.25, -0.2) is 0 Å². The van der Waals surface area contributed by atoms with Crippen molar-refractivity contribution in [3.05, 3.63) is 29.8 Å². The molecule has 0 unspecified atom stereocenters. The van der Waals surface area contributed by atoms with Gasteiger partial charge >= 0.3 is 23.9 Å². The molecule has 1 aliphatic rings. The van der Waals surface area contributed by atoms with Crippen molar-refractivity contribution < 1.29 is 48.0 Å². The number of esters is 4. The zero-order valence-electron chi connectivity index (χ0n) is 18.0. The molecule has 1 fully saturated rings. The van der Waals surface area contributed by atoms with Crippen LogP contribution in [0.5, 0.6) is 5.75 Å². The van der Waals surface area contributed by atoms with E-state index in [1.807, 2.05) is 0 Å². The molecule has 1 heterocycles. The molecular weight excluding hydrogens is 426 g/mol. The predicted molar refractivity (Wildman–Crippen MR) is 108 cm³/mol. The van der Waals surface area contributed by atoms with Crippen molar-refractivity contribution in [1.29, 1.82) is 0 Å². The van der Waals surface area contributed by atoms with Gasteiger partial charge in [-0.05, 0) is 12.1 Å². The second-order valence-electron chi connectivity index (χ2n) is 6.93. The van der Waals surface area contributed by atoms with Crippen molar-refractivity contribution in [2.24, 2.45) is 4.99 Å². The Morgan fingerprint density at radius 3 is 2.03 bits per heavy atom. The largest absolute Gasteiger partial charge is 0.507 e. The van der Waals surface area contributed by atoms with Crippen LogP contribution in [0.3, 0.4) is 0 Å². The molecule has 2 rings (SSSR count). The number of rotatable bonds is 7. The molecule has 11 nitrogen and oxygen atoms in total. The zero-order valence-corrected chi connectivity index (χ0v) is 18.0. The number of carbonyl (C=O) groups excluding carboxylic acids is 4. The summed E-state index contributed by atoms with van der Waals surface area (Å²) in [5.41, 5.74) is 0.348. The van der Waals surface area contributed by atoms with Gasteiger partial charge in [0.2, 0.25) is 0 Å². The quantitative estimate of drug-likeness (QED) is 0.360.